The van der Waals surface area contributed by atoms with Crippen molar-refractivity contribution in [1.82, 2.24) is 5.32 Å². The van der Waals surface area contributed by atoms with E-state index in [9.17, 15) is 9.18 Å². The molecule has 0 spiro atoms. The number of piperidine rings is 1. The molecule has 108 valence electrons. The molecule has 0 aromatic heterocycles. The van der Waals surface area contributed by atoms with Crippen LogP contribution in [0.15, 0.2) is 18.2 Å². The number of nitrogens with two attached hydrogens (primary N) is 1. The van der Waals surface area contributed by atoms with Gasteiger partial charge in [-0.25, -0.2) is 4.39 Å². The molecular weight excluding hydrogens is 277 g/mol. The van der Waals surface area contributed by atoms with Crippen LogP contribution in [-0.4, -0.2) is 31.0 Å². The van der Waals surface area contributed by atoms with E-state index in [0.29, 0.717) is 24.3 Å². The molecule has 1 aromatic carbocycles. The minimum Gasteiger partial charge on any atom is -0.389 e. The van der Waals surface area contributed by atoms with Crippen molar-refractivity contribution in [3.63, 3.8) is 0 Å². The lowest BCUT2D eigenvalue weighted by Gasteiger charge is -2.33. The van der Waals surface area contributed by atoms with E-state index in [0.717, 1.165) is 12.8 Å². The van der Waals surface area contributed by atoms with Gasteiger partial charge in [-0.15, -0.1) is 0 Å². The average molecular weight is 295 g/mol. The molecule has 0 bridgehead atoms. The van der Waals surface area contributed by atoms with Crippen LogP contribution < -0.4 is 16.0 Å². The lowest BCUT2D eigenvalue weighted by atomic mass is 9.95. The van der Waals surface area contributed by atoms with Crippen LogP contribution in [0.2, 0.25) is 0 Å². The Morgan fingerprint density at radius 1 is 1.45 bits per heavy atom. The number of benzene rings is 1. The molecule has 1 amide bonds. The zero-order valence-electron chi connectivity index (χ0n) is 11.4. The Bertz CT molecular complexity index is 527. The molecule has 1 aliphatic rings. The summed E-state index contributed by atoms with van der Waals surface area (Å²) in [5, 5.41) is 2.66. The molecule has 1 aliphatic heterocycles. The first-order valence-corrected chi connectivity index (χ1v) is 6.99. The molecule has 0 radical (unpaired) electrons. The van der Waals surface area contributed by atoms with Crippen molar-refractivity contribution in [2.45, 2.75) is 12.8 Å². The first kappa shape index (κ1) is 14.7. The molecule has 20 heavy (non-hydrogen) atoms. The summed E-state index contributed by atoms with van der Waals surface area (Å²) in [7, 11) is 1.64. The molecule has 6 heteroatoms. The van der Waals surface area contributed by atoms with Crippen LogP contribution >= 0.6 is 12.2 Å². The number of halogens is 1. The maximum absolute atomic E-state index is 14.1. The van der Waals surface area contributed by atoms with Gasteiger partial charge >= 0.3 is 0 Å². The van der Waals surface area contributed by atoms with Gasteiger partial charge in [0.05, 0.1) is 5.69 Å². The van der Waals surface area contributed by atoms with Gasteiger partial charge in [0.2, 0.25) is 5.91 Å². The standard InChI is InChI=1S/C14H18FN3OS/c1-17-14(19)9-4-6-18(7-5-9)12-3-2-10(13(16)20)8-11(12)15/h2-3,8-9H,4-7H2,1H3,(H2,16,20)(H,17,19). The number of amides is 1. The van der Waals surface area contributed by atoms with Gasteiger partial charge in [0.1, 0.15) is 10.8 Å². The number of hydrogen-bond donors (Lipinski definition) is 2. The molecule has 1 aromatic rings. The molecule has 1 fully saturated rings. The van der Waals surface area contributed by atoms with Crippen molar-refractivity contribution >= 4 is 28.8 Å². The summed E-state index contributed by atoms with van der Waals surface area (Å²) >= 11 is 4.83. The first-order chi connectivity index (χ1) is 9.52. The van der Waals surface area contributed by atoms with Gasteiger partial charge in [-0.05, 0) is 31.0 Å². The quantitative estimate of drug-likeness (QED) is 0.828. The van der Waals surface area contributed by atoms with Crippen LogP contribution in [0.5, 0.6) is 0 Å². The van der Waals surface area contributed by atoms with Crippen LogP contribution in [0.3, 0.4) is 0 Å². The predicted molar refractivity (Wildman–Crippen MR) is 81.3 cm³/mol. The van der Waals surface area contributed by atoms with Gasteiger partial charge in [0.25, 0.3) is 0 Å². The lowest BCUT2D eigenvalue weighted by molar-refractivity contribution is -0.125. The molecular formula is C14H18FN3OS. The van der Waals surface area contributed by atoms with Crippen LogP contribution in [0, 0.1) is 11.7 Å². The molecule has 0 aliphatic carbocycles. The van der Waals surface area contributed by atoms with E-state index < -0.39 is 0 Å². The largest absolute Gasteiger partial charge is 0.389 e. The average Bonchev–Trinajstić information content (AvgIpc) is 2.46. The summed E-state index contributed by atoms with van der Waals surface area (Å²) in [5.74, 6) is -0.238. The van der Waals surface area contributed by atoms with Gasteiger partial charge in [0, 0.05) is 31.6 Å². The number of anilines is 1. The SMILES string of the molecule is CNC(=O)C1CCN(c2ccc(C(N)=S)cc2F)CC1. The fourth-order valence-electron chi connectivity index (χ4n) is 2.50. The summed E-state index contributed by atoms with van der Waals surface area (Å²) in [6.07, 6.45) is 1.46. The van der Waals surface area contributed by atoms with E-state index in [1.807, 2.05) is 4.90 Å². The number of rotatable bonds is 3. The Labute approximate surface area is 123 Å². The minimum absolute atomic E-state index is 0.0233. The number of carbonyl (C=O) groups is 1. The van der Waals surface area contributed by atoms with Crippen LogP contribution in [0.25, 0.3) is 0 Å². The first-order valence-electron chi connectivity index (χ1n) is 6.59. The maximum atomic E-state index is 14.1. The van der Waals surface area contributed by atoms with Gasteiger partial charge in [0.15, 0.2) is 0 Å². The normalized spacial score (nSPS) is 16.0. The van der Waals surface area contributed by atoms with E-state index in [4.69, 9.17) is 18.0 Å². The van der Waals surface area contributed by atoms with Crippen molar-refractivity contribution in [3.8, 4) is 0 Å². The molecule has 4 nitrogen and oxygen atoms in total. The highest BCUT2D eigenvalue weighted by molar-refractivity contribution is 7.80. The minimum atomic E-state index is -0.325. The molecule has 2 rings (SSSR count). The zero-order chi connectivity index (χ0) is 14.7. The highest BCUT2D eigenvalue weighted by Gasteiger charge is 2.25. The summed E-state index contributed by atoms with van der Waals surface area (Å²) in [4.78, 5) is 13.7. The third-order valence-electron chi connectivity index (χ3n) is 3.69. The number of nitrogens with one attached hydrogen (secondary N) is 1. The predicted octanol–water partition coefficient (Wildman–Crippen LogP) is 1.42. The third kappa shape index (κ3) is 3.07. The number of nitrogens with zero attached hydrogens (tertiary/aromatic N) is 1. The Morgan fingerprint density at radius 3 is 2.60 bits per heavy atom. The molecule has 0 saturated carbocycles. The van der Waals surface area contributed by atoms with Gasteiger partial charge < -0.3 is 16.0 Å². The van der Waals surface area contributed by atoms with Crippen LogP contribution in [0.4, 0.5) is 10.1 Å². The summed E-state index contributed by atoms with van der Waals surface area (Å²) in [5.41, 5.74) is 6.56. The fraction of sp³-hybridized carbons (Fsp3) is 0.429. The Morgan fingerprint density at radius 2 is 2.10 bits per heavy atom. The topological polar surface area (TPSA) is 58.4 Å². The van der Waals surface area contributed by atoms with Gasteiger partial charge in [-0.2, -0.15) is 0 Å². The monoisotopic (exact) mass is 295 g/mol. The van der Waals surface area contributed by atoms with Crippen molar-refractivity contribution in [2.24, 2.45) is 11.7 Å². The van der Waals surface area contributed by atoms with Gasteiger partial charge in [-0.3, -0.25) is 4.79 Å². The van der Waals surface area contributed by atoms with Crippen molar-refractivity contribution < 1.29 is 9.18 Å². The molecule has 1 heterocycles. The molecule has 3 N–H and O–H groups in total. The van der Waals surface area contributed by atoms with E-state index in [1.54, 1.807) is 19.2 Å². The second kappa shape index (κ2) is 6.17. The van der Waals surface area contributed by atoms with E-state index >= 15 is 0 Å². The summed E-state index contributed by atoms with van der Waals surface area (Å²) in [6, 6.07) is 4.79. The highest BCUT2D eigenvalue weighted by atomic mass is 32.1. The maximum Gasteiger partial charge on any atom is 0.222 e. The Kier molecular flexibility index (Phi) is 4.54. The molecule has 1 saturated heterocycles. The van der Waals surface area contributed by atoms with Crippen molar-refractivity contribution in [3.05, 3.63) is 29.6 Å². The zero-order valence-corrected chi connectivity index (χ0v) is 12.2. The van der Waals surface area contributed by atoms with Crippen molar-refractivity contribution in [2.75, 3.05) is 25.0 Å². The Balaban J connectivity index is 2.07. The van der Waals surface area contributed by atoms with E-state index in [-0.39, 0.29) is 22.6 Å². The molecule has 0 atom stereocenters. The second-order valence-electron chi connectivity index (χ2n) is 4.91. The Hall–Kier alpha value is -1.69. The second-order valence-corrected chi connectivity index (χ2v) is 5.35. The van der Waals surface area contributed by atoms with Crippen LogP contribution in [-0.2, 0) is 4.79 Å². The van der Waals surface area contributed by atoms with Gasteiger partial charge in [-0.1, -0.05) is 12.2 Å². The van der Waals surface area contributed by atoms with Crippen molar-refractivity contribution in [1.29, 1.82) is 0 Å². The number of thiocarbonyl (C=S) groups is 1. The number of carbonyl (C=O) groups excluding carboxylic acids is 1. The summed E-state index contributed by atoms with van der Waals surface area (Å²) < 4.78 is 14.1. The fourth-order valence-corrected chi connectivity index (χ4v) is 2.63. The molecule has 0 unspecified atom stereocenters. The van der Waals surface area contributed by atoms with E-state index in [1.165, 1.54) is 6.07 Å². The summed E-state index contributed by atoms with van der Waals surface area (Å²) in [6.45, 7) is 1.34. The highest BCUT2D eigenvalue weighted by Crippen LogP contribution is 2.26. The lowest BCUT2D eigenvalue weighted by Crippen LogP contribution is -2.39. The smallest absolute Gasteiger partial charge is 0.222 e. The van der Waals surface area contributed by atoms with E-state index in [2.05, 4.69) is 5.32 Å². The van der Waals surface area contributed by atoms with Crippen LogP contribution in [0.1, 0.15) is 18.4 Å². The third-order valence-corrected chi connectivity index (χ3v) is 3.92. The number of hydrogen-bond acceptors (Lipinski definition) is 3.